The van der Waals surface area contributed by atoms with Crippen LogP contribution in [0, 0.1) is 6.92 Å². The molecular formula is C11H16BrNO2S. The zero-order valence-electron chi connectivity index (χ0n) is 9.70. The molecule has 90 valence electrons. The number of hydrogen-bond acceptors (Lipinski definition) is 2. The minimum absolute atomic E-state index is 0.350. The maximum absolute atomic E-state index is 12.2. The van der Waals surface area contributed by atoms with Crippen LogP contribution in [0.2, 0.25) is 0 Å². The SMILES string of the molecule is CCN(CC)S(=O)(=O)c1cc(C)cc(Br)c1. The van der Waals surface area contributed by atoms with E-state index in [-0.39, 0.29) is 0 Å². The molecule has 0 radical (unpaired) electrons. The summed E-state index contributed by atoms with van der Waals surface area (Å²) in [5.74, 6) is 0. The molecule has 1 aromatic rings. The molecule has 0 aliphatic carbocycles. The minimum Gasteiger partial charge on any atom is -0.207 e. The molecule has 5 heteroatoms. The summed E-state index contributed by atoms with van der Waals surface area (Å²) in [6, 6.07) is 5.22. The Labute approximate surface area is 106 Å². The highest BCUT2D eigenvalue weighted by Crippen LogP contribution is 2.21. The van der Waals surface area contributed by atoms with E-state index in [2.05, 4.69) is 15.9 Å². The molecule has 0 aliphatic rings. The van der Waals surface area contributed by atoms with E-state index in [0.29, 0.717) is 18.0 Å². The number of nitrogens with zero attached hydrogens (tertiary/aromatic N) is 1. The molecule has 0 aliphatic heterocycles. The molecule has 0 amide bonds. The van der Waals surface area contributed by atoms with Crippen LogP contribution in [0.3, 0.4) is 0 Å². The van der Waals surface area contributed by atoms with Crippen LogP contribution < -0.4 is 0 Å². The summed E-state index contributed by atoms with van der Waals surface area (Å²) in [6.45, 7) is 6.54. The fourth-order valence-electron chi connectivity index (χ4n) is 1.56. The summed E-state index contributed by atoms with van der Waals surface area (Å²) in [7, 11) is -3.34. The Bertz CT molecular complexity index is 447. The molecule has 0 saturated carbocycles. The smallest absolute Gasteiger partial charge is 0.207 e. The standard InChI is InChI=1S/C11H16BrNO2S/c1-4-13(5-2)16(14,15)11-7-9(3)6-10(12)8-11/h6-8H,4-5H2,1-3H3. The van der Waals surface area contributed by atoms with Gasteiger partial charge in [0, 0.05) is 17.6 Å². The summed E-state index contributed by atoms with van der Waals surface area (Å²) in [4.78, 5) is 0.350. The Morgan fingerprint density at radius 1 is 1.19 bits per heavy atom. The third-order valence-corrected chi connectivity index (χ3v) is 4.84. The van der Waals surface area contributed by atoms with E-state index in [0.717, 1.165) is 10.0 Å². The van der Waals surface area contributed by atoms with Crippen LogP contribution in [0.1, 0.15) is 19.4 Å². The van der Waals surface area contributed by atoms with Gasteiger partial charge in [-0.2, -0.15) is 4.31 Å². The topological polar surface area (TPSA) is 37.4 Å². The molecule has 0 saturated heterocycles. The van der Waals surface area contributed by atoms with Crippen molar-refractivity contribution >= 4 is 26.0 Å². The van der Waals surface area contributed by atoms with Crippen molar-refractivity contribution in [2.75, 3.05) is 13.1 Å². The van der Waals surface area contributed by atoms with Gasteiger partial charge in [-0.15, -0.1) is 0 Å². The summed E-state index contributed by atoms with van der Waals surface area (Å²) >= 11 is 3.32. The fourth-order valence-corrected chi connectivity index (χ4v) is 3.91. The second-order valence-corrected chi connectivity index (χ2v) is 6.41. The van der Waals surface area contributed by atoms with Crippen molar-refractivity contribution in [3.8, 4) is 0 Å². The van der Waals surface area contributed by atoms with Gasteiger partial charge in [-0.1, -0.05) is 29.8 Å². The molecule has 0 N–H and O–H groups in total. The normalized spacial score (nSPS) is 12.1. The van der Waals surface area contributed by atoms with Crippen LogP contribution in [0.25, 0.3) is 0 Å². The number of hydrogen-bond donors (Lipinski definition) is 0. The summed E-state index contributed by atoms with van der Waals surface area (Å²) in [5, 5.41) is 0. The molecule has 0 heterocycles. The molecule has 0 unspecified atom stereocenters. The van der Waals surface area contributed by atoms with Gasteiger partial charge in [0.05, 0.1) is 4.90 Å². The van der Waals surface area contributed by atoms with Gasteiger partial charge in [0.1, 0.15) is 0 Å². The van der Waals surface area contributed by atoms with Crippen molar-refractivity contribution in [1.82, 2.24) is 4.31 Å². The van der Waals surface area contributed by atoms with E-state index in [1.807, 2.05) is 26.8 Å². The summed E-state index contributed by atoms with van der Waals surface area (Å²) in [5.41, 5.74) is 0.931. The predicted octanol–water partition coefficient (Wildman–Crippen LogP) is 2.79. The number of benzene rings is 1. The number of aryl methyl sites for hydroxylation is 1. The lowest BCUT2D eigenvalue weighted by Gasteiger charge is -2.18. The van der Waals surface area contributed by atoms with Gasteiger partial charge >= 0.3 is 0 Å². The summed E-state index contributed by atoms with van der Waals surface area (Å²) < 4.78 is 26.7. The van der Waals surface area contributed by atoms with Crippen molar-refractivity contribution in [2.24, 2.45) is 0 Å². The van der Waals surface area contributed by atoms with Crippen molar-refractivity contribution in [3.05, 3.63) is 28.2 Å². The van der Waals surface area contributed by atoms with Crippen molar-refractivity contribution in [1.29, 1.82) is 0 Å². The Balaban J connectivity index is 3.26. The van der Waals surface area contributed by atoms with Gasteiger partial charge in [0.2, 0.25) is 10.0 Å². The molecule has 0 aromatic heterocycles. The van der Waals surface area contributed by atoms with Crippen LogP contribution in [0.15, 0.2) is 27.6 Å². The first-order valence-corrected chi connectivity index (χ1v) is 7.42. The van der Waals surface area contributed by atoms with Crippen LogP contribution >= 0.6 is 15.9 Å². The summed E-state index contributed by atoms with van der Waals surface area (Å²) in [6.07, 6.45) is 0. The second-order valence-electron chi connectivity index (χ2n) is 3.55. The number of sulfonamides is 1. The molecule has 0 fully saturated rings. The lowest BCUT2D eigenvalue weighted by molar-refractivity contribution is 0.445. The van der Waals surface area contributed by atoms with Gasteiger partial charge in [-0.25, -0.2) is 8.42 Å². The molecule has 1 aromatic carbocycles. The zero-order chi connectivity index (χ0) is 12.3. The van der Waals surface area contributed by atoms with E-state index in [4.69, 9.17) is 0 Å². The van der Waals surface area contributed by atoms with Crippen LogP contribution in [0.4, 0.5) is 0 Å². The van der Waals surface area contributed by atoms with Gasteiger partial charge in [0.25, 0.3) is 0 Å². The molecule has 1 rings (SSSR count). The van der Waals surface area contributed by atoms with Crippen LogP contribution in [-0.4, -0.2) is 25.8 Å². The highest BCUT2D eigenvalue weighted by molar-refractivity contribution is 9.10. The van der Waals surface area contributed by atoms with E-state index in [1.54, 1.807) is 12.1 Å². The highest BCUT2D eigenvalue weighted by atomic mass is 79.9. The van der Waals surface area contributed by atoms with Crippen molar-refractivity contribution in [2.45, 2.75) is 25.7 Å². The van der Waals surface area contributed by atoms with Crippen LogP contribution in [-0.2, 0) is 10.0 Å². The lowest BCUT2D eigenvalue weighted by Crippen LogP contribution is -2.30. The second kappa shape index (κ2) is 5.29. The minimum atomic E-state index is -3.34. The largest absolute Gasteiger partial charge is 0.243 e. The zero-order valence-corrected chi connectivity index (χ0v) is 12.1. The maximum Gasteiger partial charge on any atom is 0.243 e. The quantitative estimate of drug-likeness (QED) is 0.858. The lowest BCUT2D eigenvalue weighted by atomic mass is 10.2. The van der Waals surface area contributed by atoms with E-state index in [1.165, 1.54) is 4.31 Å². The number of halogens is 1. The van der Waals surface area contributed by atoms with Gasteiger partial charge < -0.3 is 0 Å². The first kappa shape index (κ1) is 13.7. The first-order valence-electron chi connectivity index (χ1n) is 5.19. The predicted molar refractivity (Wildman–Crippen MR) is 69.0 cm³/mol. The first-order chi connectivity index (χ1) is 7.41. The Morgan fingerprint density at radius 3 is 2.19 bits per heavy atom. The molecule has 0 atom stereocenters. The maximum atomic E-state index is 12.2. The van der Waals surface area contributed by atoms with Crippen molar-refractivity contribution < 1.29 is 8.42 Å². The average Bonchev–Trinajstić information content (AvgIpc) is 2.17. The average molecular weight is 306 g/mol. The third-order valence-electron chi connectivity index (χ3n) is 2.36. The monoisotopic (exact) mass is 305 g/mol. The van der Waals surface area contributed by atoms with Gasteiger partial charge in [-0.3, -0.25) is 0 Å². The van der Waals surface area contributed by atoms with Gasteiger partial charge in [-0.05, 0) is 30.7 Å². The molecule has 0 spiro atoms. The van der Waals surface area contributed by atoms with Crippen LogP contribution in [0.5, 0.6) is 0 Å². The Morgan fingerprint density at radius 2 is 1.75 bits per heavy atom. The van der Waals surface area contributed by atoms with Crippen molar-refractivity contribution in [3.63, 3.8) is 0 Å². The third kappa shape index (κ3) is 2.84. The molecule has 3 nitrogen and oxygen atoms in total. The Kier molecular flexibility index (Phi) is 4.52. The van der Waals surface area contributed by atoms with Gasteiger partial charge in [0.15, 0.2) is 0 Å². The highest BCUT2D eigenvalue weighted by Gasteiger charge is 2.21. The fraction of sp³-hybridized carbons (Fsp3) is 0.455. The number of rotatable bonds is 4. The molecular weight excluding hydrogens is 290 g/mol. The van der Waals surface area contributed by atoms with E-state index in [9.17, 15) is 8.42 Å². The molecule has 0 bridgehead atoms. The molecule has 16 heavy (non-hydrogen) atoms. The van der Waals surface area contributed by atoms with E-state index < -0.39 is 10.0 Å². The van der Waals surface area contributed by atoms with E-state index >= 15 is 0 Å². The Hall–Kier alpha value is -0.390.